The van der Waals surface area contributed by atoms with Gasteiger partial charge in [0.2, 0.25) is 5.13 Å². The van der Waals surface area contributed by atoms with E-state index in [1.54, 1.807) is 0 Å². The molecule has 0 unspecified atom stereocenters. The second kappa shape index (κ2) is 6.88. The molecule has 1 aromatic rings. The van der Waals surface area contributed by atoms with Crippen LogP contribution in [0.3, 0.4) is 0 Å². The van der Waals surface area contributed by atoms with Crippen LogP contribution in [0.4, 0.5) is 5.13 Å². The maximum absolute atomic E-state index is 5.60. The molecule has 0 fully saturated rings. The van der Waals surface area contributed by atoms with Crippen LogP contribution < -0.4 is 5.73 Å². The molecule has 0 bridgehead atoms. The van der Waals surface area contributed by atoms with Crippen molar-refractivity contribution < 1.29 is 0 Å². The monoisotopic (exact) mass is 257 g/mol. The summed E-state index contributed by atoms with van der Waals surface area (Å²) in [6.45, 7) is 8.49. The molecule has 2 N–H and O–H groups in total. The molecule has 0 aliphatic carbocycles. The predicted octanol–water partition coefficient (Wildman–Crippen LogP) is 1.14. The Labute approximate surface area is 108 Å². The van der Waals surface area contributed by atoms with Crippen molar-refractivity contribution in [3.63, 3.8) is 0 Å². The standard InChI is InChI=1S/C11H23N5S/c1-9(2)7-16(6-5-15(3)4)8-10-13-14-11(12)17-10/h9H,5-8H2,1-4H3,(H2,12,14). The van der Waals surface area contributed by atoms with Gasteiger partial charge in [0.25, 0.3) is 0 Å². The lowest BCUT2D eigenvalue weighted by molar-refractivity contribution is 0.211. The summed E-state index contributed by atoms with van der Waals surface area (Å²) in [4.78, 5) is 4.60. The largest absolute Gasteiger partial charge is 0.374 e. The van der Waals surface area contributed by atoms with E-state index in [1.807, 2.05) is 0 Å². The zero-order chi connectivity index (χ0) is 12.8. The quantitative estimate of drug-likeness (QED) is 0.794. The van der Waals surface area contributed by atoms with Crippen molar-refractivity contribution in [3.05, 3.63) is 5.01 Å². The fourth-order valence-corrected chi connectivity index (χ4v) is 2.27. The van der Waals surface area contributed by atoms with Crippen molar-refractivity contribution in [1.29, 1.82) is 0 Å². The third-order valence-corrected chi connectivity index (χ3v) is 3.07. The molecule has 17 heavy (non-hydrogen) atoms. The highest BCUT2D eigenvalue weighted by molar-refractivity contribution is 7.15. The first-order valence-electron chi connectivity index (χ1n) is 5.92. The number of aromatic nitrogens is 2. The van der Waals surface area contributed by atoms with Crippen LogP contribution in [0.5, 0.6) is 0 Å². The first-order chi connectivity index (χ1) is 7.97. The maximum atomic E-state index is 5.60. The van der Waals surface area contributed by atoms with E-state index in [0.29, 0.717) is 11.0 Å². The molecule has 0 saturated heterocycles. The van der Waals surface area contributed by atoms with Crippen LogP contribution in [0.25, 0.3) is 0 Å². The van der Waals surface area contributed by atoms with Gasteiger partial charge in [0.15, 0.2) is 0 Å². The number of hydrogen-bond acceptors (Lipinski definition) is 6. The van der Waals surface area contributed by atoms with Crippen molar-refractivity contribution in [1.82, 2.24) is 20.0 Å². The van der Waals surface area contributed by atoms with Crippen molar-refractivity contribution in [3.8, 4) is 0 Å². The molecular formula is C11H23N5S. The highest BCUT2D eigenvalue weighted by atomic mass is 32.1. The zero-order valence-electron chi connectivity index (χ0n) is 11.2. The van der Waals surface area contributed by atoms with Gasteiger partial charge in [0, 0.05) is 19.6 Å². The van der Waals surface area contributed by atoms with Gasteiger partial charge in [0.05, 0.1) is 6.54 Å². The summed E-state index contributed by atoms with van der Waals surface area (Å²) in [5.74, 6) is 0.655. The number of hydrogen-bond donors (Lipinski definition) is 1. The molecule has 0 aromatic carbocycles. The van der Waals surface area contributed by atoms with Crippen LogP contribution in [0.2, 0.25) is 0 Å². The van der Waals surface area contributed by atoms with E-state index in [9.17, 15) is 0 Å². The van der Waals surface area contributed by atoms with E-state index < -0.39 is 0 Å². The number of anilines is 1. The number of nitrogens with two attached hydrogens (primary N) is 1. The Bertz CT molecular complexity index is 323. The fraction of sp³-hybridized carbons (Fsp3) is 0.818. The van der Waals surface area contributed by atoms with Gasteiger partial charge in [0.1, 0.15) is 5.01 Å². The van der Waals surface area contributed by atoms with Gasteiger partial charge in [-0.1, -0.05) is 25.2 Å². The van der Waals surface area contributed by atoms with Gasteiger partial charge >= 0.3 is 0 Å². The van der Waals surface area contributed by atoms with Crippen LogP contribution >= 0.6 is 11.3 Å². The van der Waals surface area contributed by atoms with E-state index in [4.69, 9.17) is 5.73 Å². The second-order valence-corrected chi connectivity index (χ2v) is 6.06. The summed E-state index contributed by atoms with van der Waals surface area (Å²) in [5.41, 5.74) is 5.60. The van der Waals surface area contributed by atoms with E-state index >= 15 is 0 Å². The Morgan fingerprint density at radius 2 is 1.94 bits per heavy atom. The smallest absolute Gasteiger partial charge is 0.203 e. The molecule has 1 rings (SSSR count). The number of rotatable bonds is 7. The van der Waals surface area contributed by atoms with Crippen LogP contribution in [0, 0.1) is 5.92 Å². The molecule has 98 valence electrons. The van der Waals surface area contributed by atoms with Crippen LogP contribution in [0.1, 0.15) is 18.9 Å². The fourth-order valence-electron chi connectivity index (χ4n) is 1.61. The summed E-state index contributed by atoms with van der Waals surface area (Å²) in [5, 5.41) is 9.49. The minimum absolute atomic E-state index is 0.553. The summed E-state index contributed by atoms with van der Waals surface area (Å²) < 4.78 is 0. The van der Waals surface area contributed by atoms with E-state index in [0.717, 1.165) is 31.2 Å². The molecule has 0 aliphatic heterocycles. The molecule has 1 heterocycles. The summed E-state index contributed by atoms with van der Waals surface area (Å²) in [6.07, 6.45) is 0. The first kappa shape index (κ1) is 14.3. The molecule has 1 aromatic heterocycles. The summed E-state index contributed by atoms with van der Waals surface area (Å²) >= 11 is 1.48. The average molecular weight is 257 g/mol. The van der Waals surface area contributed by atoms with Gasteiger partial charge in [-0.25, -0.2) is 0 Å². The van der Waals surface area contributed by atoms with Gasteiger partial charge in [-0.05, 0) is 20.0 Å². The van der Waals surface area contributed by atoms with Gasteiger partial charge in [-0.15, -0.1) is 10.2 Å². The minimum atomic E-state index is 0.553. The number of nitrogen functional groups attached to an aromatic ring is 1. The summed E-state index contributed by atoms with van der Waals surface area (Å²) in [7, 11) is 4.19. The van der Waals surface area contributed by atoms with Crippen molar-refractivity contribution in [2.24, 2.45) is 5.92 Å². The Balaban J connectivity index is 2.50. The van der Waals surface area contributed by atoms with E-state index in [1.165, 1.54) is 11.3 Å². The maximum Gasteiger partial charge on any atom is 0.203 e. The predicted molar refractivity (Wildman–Crippen MR) is 73.0 cm³/mol. The van der Waals surface area contributed by atoms with E-state index in [-0.39, 0.29) is 0 Å². The highest BCUT2D eigenvalue weighted by Crippen LogP contribution is 2.14. The van der Waals surface area contributed by atoms with Gasteiger partial charge in [-0.2, -0.15) is 0 Å². The Morgan fingerprint density at radius 1 is 1.24 bits per heavy atom. The Kier molecular flexibility index (Phi) is 5.80. The average Bonchev–Trinajstić information content (AvgIpc) is 2.59. The number of likely N-dealkylation sites (N-methyl/N-ethyl adjacent to an activating group) is 1. The van der Waals surface area contributed by atoms with Crippen LogP contribution in [-0.2, 0) is 6.54 Å². The second-order valence-electron chi connectivity index (χ2n) is 4.97. The SMILES string of the molecule is CC(C)CN(CCN(C)C)Cc1nnc(N)s1. The third-order valence-electron chi connectivity index (χ3n) is 2.33. The van der Waals surface area contributed by atoms with Crippen molar-refractivity contribution >= 4 is 16.5 Å². The minimum Gasteiger partial charge on any atom is -0.374 e. The molecule has 0 amide bonds. The molecule has 0 aliphatic rings. The first-order valence-corrected chi connectivity index (χ1v) is 6.74. The highest BCUT2D eigenvalue weighted by Gasteiger charge is 2.11. The molecule has 0 radical (unpaired) electrons. The molecule has 0 atom stereocenters. The molecule has 6 heteroatoms. The van der Waals surface area contributed by atoms with Crippen LogP contribution in [0.15, 0.2) is 0 Å². The lowest BCUT2D eigenvalue weighted by Crippen LogP contribution is -2.33. The van der Waals surface area contributed by atoms with E-state index in [2.05, 4.69) is 47.9 Å². The Morgan fingerprint density at radius 3 is 2.41 bits per heavy atom. The molecule has 0 saturated carbocycles. The van der Waals surface area contributed by atoms with Crippen molar-refractivity contribution in [2.45, 2.75) is 20.4 Å². The van der Waals surface area contributed by atoms with Gasteiger partial charge in [-0.3, -0.25) is 4.90 Å². The lowest BCUT2D eigenvalue weighted by atomic mass is 10.2. The molecular weight excluding hydrogens is 234 g/mol. The lowest BCUT2D eigenvalue weighted by Gasteiger charge is -2.24. The molecule has 5 nitrogen and oxygen atoms in total. The summed E-state index contributed by atoms with van der Waals surface area (Å²) in [6, 6.07) is 0. The van der Waals surface area contributed by atoms with Gasteiger partial charge < -0.3 is 10.6 Å². The van der Waals surface area contributed by atoms with Crippen LogP contribution in [-0.4, -0.2) is 53.7 Å². The third kappa shape index (κ3) is 5.95. The normalized spacial score (nSPS) is 11.9. The topological polar surface area (TPSA) is 58.3 Å². The Hall–Kier alpha value is -0.720. The zero-order valence-corrected chi connectivity index (χ0v) is 12.0. The number of nitrogens with zero attached hydrogens (tertiary/aromatic N) is 4. The molecule has 0 spiro atoms. The van der Waals surface area contributed by atoms with Crippen molar-refractivity contribution in [2.75, 3.05) is 39.5 Å².